The quantitative estimate of drug-likeness (QED) is 0.546. The summed E-state index contributed by atoms with van der Waals surface area (Å²) < 4.78 is 21.8. The van der Waals surface area contributed by atoms with Crippen LogP contribution in [0.4, 0.5) is 10.1 Å². The SMILES string of the molecule is O=C1N(Cc2nc3cc(Cl)ccc3n2CCCN2CCOCC2)c2cc(F)ccc2C12CC2. The van der Waals surface area contributed by atoms with E-state index in [9.17, 15) is 9.18 Å². The summed E-state index contributed by atoms with van der Waals surface area (Å²) in [6.07, 6.45) is 2.61. The van der Waals surface area contributed by atoms with Crippen molar-refractivity contribution in [1.82, 2.24) is 14.5 Å². The normalized spacial score (nSPS) is 19.6. The van der Waals surface area contributed by atoms with Gasteiger partial charge < -0.3 is 14.2 Å². The van der Waals surface area contributed by atoms with Crippen molar-refractivity contribution in [2.24, 2.45) is 0 Å². The van der Waals surface area contributed by atoms with Gasteiger partial charge in [-0.2, -0.15) is 0 Å². The maximum Gasteiger partial charge on any atom is 0.238 e. The smallest absolute Gasteiger partial charge is 0.238 e. The monoisotopic (exact) mass is 468 g/mol. The molecule has 3 aliphatic rings. The molecule has 0 atom stereocenters. The molecule has 2 fully saturated rings. The Labute approximate surface area is 196 Å². The van der Waals surface area contributed by atoms with Gasteiger partial charge in [0, 0.05) is 31.2 Å². The number of imidazole rings is 1. The summed E-state index contributed by atoms with van der Waals surface area (Å²) >= 11 is 6.24. The van der Waals surface area contributed by atoms with E-state index in [-0.39, 0.29) is 11.7 Å². The van der Waals surface area contributed by atoms with Crippen LogP contribution in [0.2, 0.25) is 5.02 Å². The molecular weight excluding hydrogens is 443 g/mol. The Kier molecular flexibility index (Phi) is 5.16. The predicted molar refractivity (Wildman–Crippen MR) is 125 cm³/mol. The van der Waals surface area contributed by atoms with Crippen LogP contribution in [-0.2, 0) is 28.0 Å². The van der Waals surface area contributed by atoms with Crippen molar-refractivity contribution < 1.29 is 13.9 Å². The van der Waals surface area contributed by atoms with Crippen LogP contribution in [0.1, 0.15) is 30.7 Å². The van der Waals surface area contributed by atoms with Crippen LogP contribution in [0.3, 0.4) is 0 Å². The zero-order valence-corrected chi connectivity index (χ0v) is 19.2. The minimum Gasteiger partial charge on any atom is -0.379 e. The summed E-state index contributed by atoms with van der Waals surface area (Å²) in [5.74, 6) is 0.540. The Morgan fingerprint density at radius 1 is 1.09 bits per heavy atom. The second-order valence-electron chi connectivity index (χ2n) is 9.26. The third-order valence-corrected chi connectivity index (χ3v) is 7.45. The number of carbonyl (C=O) groups excluding carboxylic acids is 1. The van der Waals surface area contributed by atoms with Crippen LogP contribution >= 0.6 is 11.6 Å². The lowest BCUT2D eigenvalue weighted by molar-refractivity contribution is -0.120. The molecule has 8 heteroatoms. The van der Waals surface area contributed by atoms with E-state index in [2.05, 4.69) is 9.47 Å². The first kappa shape index (κ1) is 21.1. The second kappa shape index (κ2) is 8.08. The average molecular weight is 469 g/mol. The molecule has 1 amide bonds. The first-order valence-electron chi connectivity index (χ1n) is 11.6. The van der Waals surface area contributed by atoms with Crippen molar-refractivity contribution in [1.29, 1.82) is 0 Å². The van der Waals surface area contributed by atoms with Crippen LogP contribution < -0.4 is 4.90 Å². The van der Waals surface area contributed by atoms with Crippen LogP contribution in [0, 0.1) is 5.82 Å². The van der Waals surface area contributed by atoms with Crippen molar-refractivity contribution >= 4 is 34.2 Å². The molecule has 2 aliphatic heterocycles. The maximum atomic E-state index is 14.1. The van der Waals surface area contributed by atoms with E-state index in [1.165, 1.54) is 12.1 Å². The number of anilines is 1. The minimum atomic E-state index is -0.459. The van der Waals surface area contributed by atoms with Gasteiger partial charge in [-0.05, 0) is 55.2 Å². The molecule has 2 aromatic carbocycles. The fraction of sp³-hybridized carbons (Fsp3) is 0.440. The highest BCUT2D eigenvalue weighted by atomic mass is 35.5. The van der Waals surface area contributed by atoms with Crippen molar-refractivity contribution in [3.05, 3.63) is 58.6 Å². The van der Waals surface area contributed by atoms with E-state index in [1.54, 1.807) is 11.0 Å². The first-order valence-corrected chi connectivity index (χ1v) is 12.0. The first-order chi connectivity index (χ1) is 16.0. The molecule has 33 heavy (non-hydrogen) atoms. The minimum absolute atomic E-state index is 0.0630. The Hall–Kier alpha value is -2.48. The fourth-order valence-electron chi connectivity index (χ4n) is 5.32. The molecule has 1 saturated carbocycles. The summed E-state index contributed by atoms with van der Waals surface area (Å²) in [5.41, 5.74) is 2.99. The van der Waals surface area contributed by atoms with E-state index in [4.69, 9.17) is 21.3 Å². The van der Waals surface area contributed by atoms with Crippen molar-refractivity contribution in [3.8, 4) is 0 Å². The van der Waals surface area contributed by atoms with E-state index in [0.717, 1.165) is 81.1 Å². The van der Waals surface area contributed by atoms with Crippen molar-refractivity contribution in [3.63, 3.8) is 0 Å². The number of hydrogen-bond donors (Lipinski definition) is 0. The molecule has 0 radical (unpaired) electrons. The number of hydrogen-bond acceptors (Lipinski definition) is 4. The summed E-state index contributed by atoms with van der Waals surface area (Å²) in [7, 11) is 0. The van der Waals surface area contributed by atoms with E-state index in [0.29, 0.717) is 17.3 Å². The van der Waals surface area contributed by atoms with E-state index >= 15 is 0 Å². The number of aromatic nitrogens is 2. The summed E-state index contributed by atoms with van der Waals surface area (Å²) in [6, 6.07) is 10.5. The van der Waals surface area contributed by atoms with Gasteiger partial charge in [0.2, 0.25) is 5.91 Å². The largest absolute Gasteiger partial charge is 0.379 e. The van der Waals surface area contributed by atoms with Gasteiger partial charge in [0.15, 0.2) is 0 Å². The van der Waals surface area contributed by atoms with Gasteiger partial charge in [0.05, 0.1) is 41.9 Å². The van der Waals surface area contributed by atoms with Gasteiger partial charge in [-0.1, -0.05) is 17.7 Å². The number of nitrogens with zero attached hydrogens (tertiary/aromatic N) is 4. The third kappa shape index (κ3) is 3.63. The van der Waals surface area contributed by atoms with E-state index < -0.39 is 5.41 Å². The number of benzene rings is 2. The molecule has 0 N–H and O–H groups in total. The highest BCUT2D eigenvalue weighted by Crippen LogP contribution is 2.57. The second-order valence-corrected chi connectivity index (χ2v) is 9.69. The lowest BCUT2D eigenvalue weighted by Crippen LogP contribution is -2.37. The Morgan fingerprint density at radius 2 is 1.91 bits per heavy atom. The van der Waals surface area contributed by atoms with Gasteiger partial charge in [-0.25, -0.2) is 9.37 Å². The molecule has 1 aromatic heterocycles. The molecule has 0 unspecified atom stereocenters. The number of morpholine rings is 1. The highest BCUT2D eigenvalue weighted by molar-refractivity contribution is 6.31. The molecule has 172 valence electrons. The molecule has 6 rings (SSSR count). The van der Waals surface area contributed by atoms with Crippen LogP contribution in [-0.4, -0.2) is 53.2 Å². The number of ether oxygens (including phenoxy) is 1. The number of rotatable bonds is 6. The molecule has 1 spiro atoms. The standard InChI is InChI=1S/C25H26ClFN4O2/c26-17-2-5-21-20(14-17)28-23(30(21)9-1-8-29-10-12-33-13-11-29)16-31-22-15-18(27)3-4-19(22)25(6-7-25)24(31)32/h2-5,14-15H,1,6-13,16H2. The number of fused-ring (bicyclic) bond motifs is 3. The molecular formula is C25H26ClFN4O2. The van der Waals surface area contributed by atoms with Crippen molar-refractivity contribution in [2.45, 2.75) is 37.8 Å². The van der Waals surface area contributed by atoms with Crippen LogP contribution in [0.5, 0.6) is 0 Å². The zero-order valence-electron chi connectivity index (χ0n) is 18.4. The molecule has 3 heterocycles. The number of carbonyl (C=O) groups is 1. The number of aryl methyl sites for hydroxylation is 1. The van der Waals surface area contributed by atoms with Crippen LogP contribution in [0.15, 0.2) is 36.4 Å². The number of halogens is 2. The Balaban J connectivity index is 1.31. The fourth-order valence-corrected chi connectivity index (χ4v) is 5.49. The summed E-state index contributed by atoms with van der Waals surface area (Å²) in [4.78, 5) is 22.4. The van der Waals surface area contributed by atoms with Crippen LogP contribution in [0.25, 0.3) is 11.0 Å². The lowest BCUT2D eigenvalue weighted by atomic mass is 9.98. The van der Waals surface area contributed by atoms with Gasteiger partial charge >= 0.3 is 0 Å². The predicted octanol–water partition coefficient (Wildman–Crippen LogP) is 4.13. The molecule has 1 aliphatic carbocycles. The van der Waals surface area contributed by atoms with Crippen molar-refractivity contribution in [2.75, 3.05) is 37.7 Å². The molecule has 0 bridgehead atoms. The molecule has 3 aromatic rings. The van der Waals surface area contributed by atoms with Gasteiger partial charge in [0.1, 0.15) is 11.6 Å². The third-order valence-electron chi connectivity index (χ3n) is 7.22. The highest BCUT2D eigenvalue weighted by Gasteiger charge is 2.59. The van der Waals surface area contributed by atoms with Gasteiger partial charge in [-0.3, -0.25) is 9.69 Å². The topological polar surface area (TPSA) is 50.6 Å². The van der Waals surface area contributed by atoms with Gasteiger partial charge in [0.25, 0.3) is 0 Å². The molecule has 1 saturated heterocycles. The lowest BCUT2D eigenvalue weighted by Gasteiger charge is -2.26. The Bertz CT molecular complexity index is 1230. The summed E-state index contributed by atoms with van der Waals surface area (Å²) in [5, 5.41) is 0.633. The summed E-state index contributed by atoms with van der Waals surface area (Å²) in [6.45, 7) is 5.57. The van der Waals surface area contributed by atoms with Gasteiger partial charge in [-0.15, -0.1) is 0 Å². The van der Waals surface area contributed by atoms with E-state index in [1.807, 2.05) is 18.2 Å². The maximum absolute atomic E-state index is 14.1. The Morgan fingerprint density at radius 3 is 2.70 bits per heavy atom. The number of amides is 1. The average Bonchev–Trinajstić information content (AvgIpc) is 3.51. The zero-order chi connectivity index (χ0) is 22.6. The molecule has 6 nitrogen and oxygen atoms in total.